The van der Waals surface area contributed by atoms with E-state index in [0.29, 0.717) is 11.3 Å². The van der Waals surface area contributed by atoms with Gasteiger partial charge in [-0.2, -0.15) is 0 Å². The smallest absolute Gasteiger partial charge is 0.252 e. The Hall–Kier alpha value is -2.27. The maximum Gasteiger partial charge on any atom is 0.252 e. The zero-order valence-electron chi connectivity index (χ0n) is 11.8. The molecule has 5 heteroatoms. The molecule has 0 saturated heterocycles. The summed E-state index contributed by atoms with van der Waals surface area (Å²) in [6.07, 6.45) is 0. The second-order valence-corrected chi connectivity index (χ2v) is 4.75. The van der Waals surface area contributed by atoms with Gasteiger partial charge >= 0.3 is 0 Å². The molecule has 106 valence electrons. The van der Waals surface area contributed by atoms with Gasteiger partial charge in [0.05, 0.1) is 12.3 Å². The van der Waals surface area contributed by atoms with Crippen LogP contribution in [0.25, 0.3) is 11.3 Å². The summed E-state index contributed by atoms with van der Waals surface area (Å²) in [4.78, 5) is 16.3. The molecule has 0 unspecified atom stereocenters. The van der Waals surface area contributed by atoms with E-state index in [2.05, 4.69) is 4.98 Å². The van der Waals surface area contributed by atoms with Gasteiger partial charge in [-0.25, -0.2) is 0 Å². The Kier molecular flexibility index (Phi) is 4.10. The van der Waals surface area contributed by atoms with Gasteiger partial charge in [0.25, 0.3) is 5.56 Å². The molecular formula is C15H18N2O3. The lowest BCUT2D eigenvalue weighted by Gasteiger charge is -2.14. The lowest BCUT2D eigenvalue weighted by Crippen LogP contribution is -2.10. The van der Waals surface area contributed by atoms with Crippen molar-refractivity contribution in [3.05, 3.63) is 46.2 Å². The maximum atomic E-state index is 11.6. The molecule has 0 amide bonds. The molecule has 2 N–H and O–H groups in total. The fraction of sp³-hybridized carbons (Fsp3) is 0.267. The van der Waals surface area contributed by atoms with E-state index in [1.165, 1.54) is 0 Å². The summed E-state index contributed by atoms with van der Waals surface area (Å²) >= 11 is 0. The van der Waals surface area contributed by atoms with Crippen molar-refractivity contribution < 1.29 is 9.84 Å². The number of methoxy groups -OCH3 is 1. The molecule has 0 fully saturated rings. The lowest BCUT2D eigenvalue weighted by molar-refractivity contribution is 0.182. The zero-order valence-corrected chi connectivity index (χ0v) is 11.8. The Labute approximate surface area is 117 Å². The van der Waals surface area contributed by atoms with Gasteiger partial charge in [0, 0.05) is 38.5 Å². The largest absolute Gasteiger partial charge is 0.507 e. The molecule has 1 heterocycles. The topological polar surface area (TPSA) is 65.6 Å². The molecule has 0 spiro atoms. The van der Waals surface area contributed by atoms with E-state index < -0.39 is 0 Å². The Morgan fingerprint density at radius 3 is 2.45 bits per heavy atom. The van der Waals surface area contributed by atoms with Gasteiger partial charge in [-0.1, -0.05) is 12.1 Å². The number of pyridine rings is 1. The second kappa shape index (κ2) is 5.79. The van der Waals surface area contributed by atoms with E-state index >= 15 is 0 Å². The third kappa shape index (κ3) is 2.83. The van der Waals surface area contributed by atoms with Crippen molar-refractivity contribution >= 4 is 5.69 Å². The minimum atomic E-state index is -0.339. The molecule has 2 rings (SSSR count). The van der Waals surface area contributed by atoms with Crippen LogP contribution in [-0.2, 0) is 11.3 Å². The number of hydrogen-bond acceptors (Lipinski definition) is 4. The lowest BCUT2D eigenvalue weighted by atomic mass is 10.0. The van der Waals surface area contributed by atoms with E-state index in [1.54, 1.807) is 7.11 Å². The van der Waals surface area contributed by atoms with Crippen LogP contribution in [0.3, 0.4) is 0 Å². The number of nitrogens with zero attached hydrogens (tertiary/aromatic N) is 1. The molecule has 0 aliphatic carbocycles. The molecule has 0 atom stereocenters. The van der Waals surface area contributed by atoms with Crippen LogP contribution in [0.4, 0.5) is 5.69 Å². The third-order valence-electron chi connectivity index (χ3n) is 3.09. The van der Waals surface area contributed by atoms with Gasteiger partial charge in [-0.3, -0.25) is 4.79 Å². The number of benzene rings is 1. The zero-order chi connectivity index (χ0) is 14.7. The second-order valence-electron chi connectivity index (χ2n) is 4.75. The predicted molar refractivity (Wildman–Crippen MR) is 79.2 cm³/mol. The average molecular weight is 274 g/mol. The monoisotopic (exact) mass is 274 g/mol. The molecule has 2 aromatic rings. The Morgan fingerprint density at radius 1 is 1.25 bits per heavy atom. The van der Waals surface area contributed by atoms with E-state index in [0.717, 1.165) is 17.3 Å². The quantitative estimate of drug-likeness (QED) is 0.894. The van der Waals surface area contributed by atoms with E-state index in [1.807, 2.05) is 43.3 Å². The molecule has 0 aliphatic heterocycles. The summed E-state index contributed by atoms with van der Waals surface area (Å²) in [5.74, 6) is -0.0534. The van der Waals surface area contributed by atoms with Crippen LogP contribution < -0.4 is 10.5 Å². The Morgan fingerprint density at radius 2 is 1.90 bits per heavy atom. The summed E-state index contributed by atoms with van der Waals surface area (Å²) in [5.41, 5.74) is 2.71. The van der Waals surface area contributed by atoms with Crippen LogP contribution in [0.2, 0.25) is 0 Å². The van der Waals surface area contributed by atoms with Crippen LogP contribution in [0.15, 0.2) is 35.1 Å². The van der Waals surface area contributed by atoms with E-state index in [4.69, 9.17) is 4.74 Å². The standard InChI is InChI=1S/C15H18N2O3/c1-17(2)11-6-4-10(5-7-11)15-12(9-20-3)13(18)8-14(19)16-15/h4-8H,9H2,1-3H3,(H2,16,18,19). The van der Waals surface area contributed by atoms with Crippen molar-refractivity contribution in [2.24, 2.45) is 0 Å². The minimum absolute atomic E-state index is 0.0534. The van der Waals surface area contributed by atoms with Crippen molar-refractivity contribution in [3.8, 4) is 17.0 Å². The summed E-state index contributed by atoms with van der Waals surface area (Å²) in [7, 11) is 5.46. The molecule has 1 aromatic carbocycles. The number of aromatic nitrogens is 1. The first kappa shape index (κ1) is 14.1. The average Bonchev–Trinajstić information content (AvgIpc) is 2.41. The molecular weight excluding hydrogens is 256 g/mol. The molecule has 20 heavy (non-hydrogen) atoms. The van der Waals surface area contributed by atoms with Crippen LogP contribution in [0.1, 0.15) is 5.56 Å². The number of ether oxygens (including phenoxy) is 1. The summed E-state index contributed by atoms with van der Waals surface area (Å²) in [5, 5.41) is 9.90. The fourth-order valence-corrected chi connectivity index (χ4v) is 2.04. The fourth-order valence-electron chi connectivity index (χ4n) is 2.04. The molecule has 0 aliphatic rings. The van der Waals surface area contributed by atoms with Crippen molar-refractivity contribution in [2.45, 2.75) is 6.61 Å². The first-order chi connectivity index (χ1) is 9.52. The van der Waals surface area contributed by atoms with Crippen LogP contribution >= 0.6 is 0 Å². The maximum absolute atomic E-state index is 11.6. The molecule has 5 nitrogen and oxygen atoms in total. The highest BCUT2D eigenvalue weighted by atomic mass is 16.5. The van der Waals surface area contributed by atoms with Gasteiger partial charge < -0.3 is 19.7 Å². The number of anilines is 1. The molecule has 0 radical (unpaired) electrons. The van der Waals surface area contributed by atoms with Crippen molar-refractivity contribution in [3.63, 3.8) is 0 Å². The summed E-state index contributed by atoms with van der Waals surface area (Å²) < 4.78 is 5.08. The highest BCUT2D eigenvalue weighted by molar-refractivity contribution is 5.67. The van der Waals surface area contributed by atoms with Gasteiger partial charge in [-0.05, 0) is 17.7 Å². The van der Waals surface area contributed by atoms with Gasteiger partial charge in [0.2, 0.25) is 0 Å². The first-order valence-corrected chi connectivity index (χ1v) is 6.24. The first-order valence-electron chi connectivity index (χ1n) is 6.24. The third-order valence-corrected chi connectivity index (χ3v) is 3.09. The van der Waals surface area contributed by atoms with Crippen molar-refractivity contribution in [2.75, 3.05) is 26.1 Å². The predicted octanol–water partition coefficient (Wildman–Crippen LogP) is 1.96. The van der Waals surface area contributed by atoms with Crippen molar-refractivity contribution in [1.29, 1.82) is 0 Å². The number of aromatic amines is 1. The van der Waals surface area contributed by atoms with Gasteiger partial charge in [-0.15, -0.1) is 0 Å². The summed E-state index contributed by atoms with van der Waals surface area (Å²) in [6, 6.07) is 8.87. The van der Waals surface area contributed by atoms with Crippen LogP contribution in [0.5, 0.6) is 5.75 Å². The molecule has 0 bridgehead atoms. The highest BCUT2D eigenvalue weighted by Crippen LogP contribution is 2.28. The van der Waals surface area contributed by atoms with Gasteiger partial charge in [0.1, 0.15) is 5.75 Å². The Balaban J connectivity index is 2.53. The molecule has 1 aromatic heterocycles. The molecule has 0 saturated carbocycles. The SMILES string of the molecule is COCc1c(O)cc(=O)[nH]c1-c1ccc(N(C)C)cc1. The number of hydrogen-bond donors (Lipinski definition) is 2. The minimum Gasteiger partial charge on any atom is -0.507 e. The normalized spacial score (nSPS) is 10.6. The number of aromatic hydroxyl groups is 1. The van der Waals surface area contributed by atoms with E-state index in [9.17, 15) is 9.90 Å². The van der Waals surface area contributed by atoms with Crippen molar-refractivity contribution in [1.82, 2.24) is 4.98 Å². The number of nitrogens with one attached hydrogen (secondary N) is 1. The van der Waals surface area contributed by atoms with Gasteiger partial charge in [0.15, 0.2) is 0 Å². The van der Waals surface area contributed by atoms with Crippen LogP contribution in [0, 0.1) is 0 Å². The van der Waals surface area contributed by atoms with E-state index in [-0.39, 0.29) is 17.9 Å². The Bertz CT molecular complexity index is 645. The number of rotatable bonds is 4. The number of H-pyrrole nitrogens is 1. The van der Waals surface area contributed by atoms with Crippen LogP contribution in [-0.4, -0.2) is 31.3 Å². The highest BCUT2D eigenvalue weighted by Gasteiger charge is 2.12. The summed E-state index contributed by atoms with van der Waals surface area (Å²) in [6.45, 7) is 0.230.